The van der Waals surface area contributed by atoms with Crippen LogP contribution in [0.3, 0.4) is 0 Å². The van der Waals surface area contributed by atoms with Crippen molar-refractivity contribution in [2.45, 2.75) is 22.9 Å². The van der Waals surface area contributed by atoms with Gasteiger partial charge in [-0.1, -0.05) is 11.6 Å². The van der Waals surface area contributed by atoms with Gasteiger partial charge >= 0.3 is 5.51 Å². The maximum absolute atomic E-state index is 13.9. The molecule has 0 aliphatic carbocycles. The number of alkyl halides is 3. The van der Waals surface area contributed by atoms with E-state index in [1.807, 2.05) is 6.07 Å². The first kappa shape index (κ1) is 28.6. The highest BCUT2D eigenvalue weighted by atomic mass is 79.9. The molecule has 3 aromatic carbocycles. The average molecular weight is 622 g/mol. The molecule has 37 heavy (non-hydrogen) atoms. The molecule has 1 amide bonds. The lowest BCUT2D eigenvalue weighted by atomic mass is 10.1. The summed E-state index contributed by atoms with van der Waals surface area (Å²) in [5.41, 5.74) is -6.04. The van der Waals surface area contributed by atoms with Gasteiger partial charge in [0.25, 0.3) is 5.91 Å². The van der Waals surface area contributed by atoms with Crippen LogP contribution in [0.5, 0.6) is 17.2 Å². The van der Waals surface area contributed by atoms with Crippen molar-refractivity contribution in [3.63, 3.8) is 0 Å². The molecule has 0 aromatic heterocycles. The molecule has 194 valence electrons. The summed E-state index contributed by atoms with van der Waals surface area (Å²) in [6.45, 7) is 0.953. The highest BCUT2D eigenvalue weighted by Gasteiger charge is 2.30. The molecule has 5 nitrogen and oxygen atoms in total. The zero-order valence-corrected chi connectivity index (χ0v) is 21.8. The predicted molar refractivity (Wildman–Crippen MR) is 131 cm³/mol. The number of ether oxygens (including phenoxy) is 2. The van der Waals surface area contributed by atoms with E-state index in [1.165, 1.54) is 37.3 Å². The standard InChI is InChI=1S/C24H15BrClF5N2O3S/c1-23(11-32,33-22(34)13-2-5-16(6-3-13)37-24(29,30)31)12-35-19-8-14(26)4-7-18(19)36-20-10-15(27)9-17(28)21(20)25/h2-10H,12H2,1H3,(H,33,34). The molecule has 1 unspecified atom stereocenters. The Bertz CT molecular complexity index is 1350. The number of nitrogens with zero attached hydrogens (tertiary/aromatic N) is 1. The van der Waals surface area contributed by atoms with Crippen molar-refractivity contribution in [2.24, 2.45) is 0 Å². The largest absolute Gasteiger partial charge is 0.486 e. The zero-order valence-electron chi connectivity index (χ0n) is 18.6. The van der Waals surface area contributed by atoms with E-state index in [2.05, 4.69) is 21.2 Å². The molecule has 0 saturated heterocycles. The van der Waals surface area contributed by atoms with Crippen LogP contribution in [0, 0.1) is 23.0 Å². The number of hydrogen-bond acceptors (Lipinski definition) is 5. The van der Waals surface area contributed by atoms with E-state index in [4.69, 9.17) is 21.1 Å². The van der Waals surface area contributed by atoms with Gasteiger partial charge in [-0.15, -0.1) is 0 Å². The number of nitrogens with one attached hydrogen (secondary N) is 1. The van der Waals surface area contributed by atoms with Gasteiger partial charge in [0.1, 0.15) is 24.0 Å². The topological polar surface area (TPSA) is 71.3 Å². The maximum atomic E-state index is 13.9. The third kappa shape index (κ3) is 7.99. The number of benzene rings is 3. The van der Waals surface area contributed by atoms with Crippen LogP contribution in [0.25, 0.3) is 0 Å². The fourth-order valence-corrected chi connectivity index (χ4v) is 3.86. The van der Waals surface area contributed by atoms with Crippen LogP contribution in [0.1, 0.15) is 17.3 Å². The molecule has 0 fully saturated rings. The van der Waals surface area contributed by atoms with E-state index in [-0.39, 0.29) is 49.0 Å². The van der Waals surface area contributed by atoms with Crippen LogP contribution in [0.4, 0.5) is 22.0 Å². The van der Waals surface area contributed by atoms with Crippen LogP contribution in [0.2, 0.25) is 5.02 Å². The van der Waals surface area contributed by atoms with Gasteiger partial charge in [0.2, 0.25) is 0 Å². The van der Waals surface area contributed by atoms with Gasteiger partial charge in [0, 0.05) is 33.7 Å². The van der Waals surface area contributed by atoms with Crippen LogP contribution >= 0.6 is 39.3 Å². The number of carbonyl (C=O) groups is 1. The molecule has 0 aliphatic heterocycles. The molecular formula is C24H15BrClF5N2O3S. The van der Waals surface area contributed by atoms with Crippen LogP contribution < -0.4 is 14.8 Å². The number of halogens is 7. The Morgan fingerprint density at radius 1 is 1.08 bits per heavy atom. The molecule has 0 heterocycles. The molecule has 0 bridgehead atoms. The van der Waals surface area contributed by atoms with Gasteiger partial charge in [-0.2, -0.15) is 18.4 Å². The Kier molecular flexibility index (Phi) is 8.94. The second kappa shape index (κ2) is 11.6. The average Bonchev–Trinajstić information content (AvgIpc) is 2.81. The van der Waals surface area contributed by atoms with Crippen molar-refractivity contribution < 1.29 is 36.2 Å². The molecule has 0 aliphatic rings. The van der Waals surface area contributed by atoms with Gasteiger partial charge in [-0.3, -0.25) is 4.79 Å². The van der Waals surface area contributed by atoms with Gasteiger partial charge in [-0.25, -0.2) is 8.78 Å². The van der Waals surface area contributed by atoms with Crippen molar-refractivity contribution in [1.82, 2.24) is 5.32 Å². The normalized spacial score (nSPS) is 12.8. The quantitative estimate of drug-likeness (QED) is 0.157. The van der Waals surface area contributed by atoms with E-state index in [0.29, 0.717) is 6.07 Å². The zero-order chi connectivity index (χ0) is 27.4. The molecule has 1 N–H and O–H groups in total. The minimum Gasteiger partial charge on any atom is -0.486 e. The van der Waals surface area contributed by atoms with E-state index in [0.717, 1.165) is 18.2 Å². The fourth-order valence-electron chi connectivity index (χ4n) is 2.85. The third-order valence-corrected chi connectivity index (χ3v) is 6.33. The minimum atomic E-state index is -4.47. The Morgan fingerprint density at radius 3 is 2.38 bits per heavy atom. The van der Waals surface area contributed by atoms with Gasteiger partial charge in [0.15, 0.2) is 17.0 Å². The summed E-state index contributed by atoms with van der Waals surface area (Å²) in [4.78, 5) is 12.5. The molecule has 3 rings (SSSR count). The molecular weight excluding hydrogens is 607 g/mol. The smallest absolute Gasteiger partial charge is 0.446 e. The number of carbonyl (C=O) groups excluding carboxylic acids is 1. The SMILES string of the molecule is CC(C#N)(COc1cc(Cl)ccc1Oc1cc(F)cc(F)c1Br)NC(=O)c1ccc(SC(F)(F)F)cc1. The Hall–Kier alpha value is -3.01. The number of amides is 1. The van der Waals surface area contributed by atoms with Crippen LogP contribution in [-0.4, -0.2) is 23.6 Å². The molecule has 0 saturated carbocycles. The Morgan fingerprint density at radius 2 is 1.76 bits per heavy atom. The lowest BCUT2D eigenvalue weighted by Crippen LogP contribution is -2.49. The lowest BCUT2D eigenvalue weighted by molar-refractivity contribution is -0.0328. The maximum Gasteiger partial charge on any atom is 0.446 e. The molecule has 1 atom stereocenters. The Balaban J connectivity index is 1.75. The van der Waals surface area contributed by atoms with Gasteiger partial charge in [0.05, 0.1) is 10.5 Å². The second-order valence-electron chi connectivity index (χ2n) is 7.65. The summed E-state index contributed by atoms with van der Waals surface area (Å²) in [5, 5.41) is 12.4. The van der Waals surface area contributed by atoms with Crippen molar-refractivity contribution in [3.8, 4) is 23.3 Å². The van der Waals surface area contributed by atoms with E-state index >= 15 is 0 Å². The minimum absolute atomic E-state index is 0.00771. The highest BCUT2D eigenvalue weighted by molar-refractivity contribution is 9.10. The highest BCUT2D eigenvalue weighted by Crippen LogP contribution is 2.39. The summed E-state index contributed by atoms with van der Waals surface area (Å²) >= 11 is 8.69. The summed E-state index contributed by atoms with van der Waals surface area (Å²) in [6, 6.07) is 12.4. The molecule has 13 heteroatoms. The number of rotatable bonds is 8. The van der Waals surface area contributed by atoms with E-state index in [1.54, 1.807) is 0 Å². The van der Waals surface area contributed by atoms with Gasteiger partial charge < -0.3 is 14.8 Å². The second-order valence-corrected chi connectivity index (χ2v) is 10.0. The summed E-state index contributed by atoms with van der Waals surface area (Å²) in [5.74, 6) is -2.66. The predicted octanol–water partition coefficient (Wildman–Crippen LogP) is 7.88. The van der Waals surface area contributed by atoms with Crippen LogP contribution in [0.15, 0.2) is 64.0 Å². The Labute approximate surface area is 225 Å². The molecule has 3 aromatic rings. The number of thioether (sulfide) groups is 1. The lowest BCUT2D eigenvalue weighted by Gasteiger charge is -2.24. The van der Waals surface area contributed by atoms with E-state index in [9.17, 15) is 32.0 Å². The first-order valence-corrected chi connectivity index (χ1v) is 12.1. The van der Waals surface area contributed by atoms with Crippen molar-refractivity contribution in [2.75, 3.05) is 6.61 Å². The third-order valence-electron chi connectivity index (χ3n) is 4.59. The molecule has 0 spiro atoms. The summed E-state index contributed by atoms with van der Waals surface area (Å²) in [7, 11) is 0. The van der Waals surface area contributed by atoms with E-state index < -0.39 is 35.2 Å². The van der Waals surface area contributed by atoms with Crippen molar-refractivity contribution in [3.05, 3.63) is 81.3 Å². The summed E-state index contributed by atoms with van der Waals surface area (Å²) in [6.07, 6.45) is 0. The fraction of sp³-hybridized carbons (Fsp3) is 0.167. The number of hydrogen-bond donors (Lipinski definition) is 1. The number of nitriles is 1. The van der Waals surface area contributed by atoms with Crippen molar-refractivity contribution >= 4 is 45.2 Å². The van der Waals surface area contributed by atoms with Gasteiger partial charge in [-0.05, 0) is 71.0 Å². The summed E-state index contributed by atoms with van der Waals surface area (Å²) < 4.78 is 76.2. The first-order chi connectivity index (χ1) is 17.3. The first-order valence-electron chi connectivity index (χ1n) is 10.1. The van der Waals surface area contributed by atoms with Crippen LogP contribution in [-0.2, 0) is 0 Å². The van der Waals surface area contributed by atoms with Crippen molar-refractivity contribution in [1.29, 1.82) is 5.26 Å². The molecule has 0 radical (unpaired) electrons. The monoisotopic (exact) mass is 620 g/mol.